The van der Waals surface area contributed by atoms with Crippen molar-refractivity contribution in [3.8, 4) is 10.4 Å². The second kappa shape index (κ2) is 4.91. The quantitative estimate of drug-likeness (QED) is 0.584. The molecule has 0 amide bonds. The number of ketones is 1. The summed E-state index contributed by atoms with van der Waals surface area (Å²) in [5.74, 6) is 0.290. The number of benzene rings is 1. The Morgan fingerprint density at radius 3 is 2.74 bits per heavy atom. The molecule has 0 aliphatic carbocycles. The van der Waals surface area contributed by atoms with Gasteiger partial charge in [-0.1, -0.05) is 19.9 Å². The molecule has 19 heavy (non-hydrogen) atoms. The highest BCUT2D eigenvalue weighted by molar-refractivity contribution is 7.18. The molecule has 1 aromatic carbocycles. The van der Waals surface area contributed by atoms with E-state index in [-0.39, 0.29) is 11.7 Å². The Bertz CT molecular complexity index is 734. The van der Waals surface area contributed by atoms with Crippen LogP contribution in [0.4, 0.5) is 0 Å². The summed E-state index contributed by atoms with van der Waals surface area (Å²) in [6.07, 6.45) is 0. The van der Waals surface area contributed by atoms with Crippen LogP contribution in [0.25, 0.3) is 20.5 Å². The molecule has 3 heteroatoms. The second-order valence-electron chi connectivity index (χ2n) is 4.86. The number of carbonyl (C=O) groups is 1. The summed E-state index contributed by atoms with van der Waals surface area (Å²) in [5.41, 5.74) is 1.19. The molecule has 0 N–H and O–H groups in total. The molecule has 0 unspecified atom stereocenters. The molecule has 2 aromatic heterocycles. The van der Waals surface area contributed by atoms with Gasteiger partial charge in [-0.05, 0) is 46.7 Å². The molecular weight excluding hydrogens is 272 g/mol. The Morgan fingerprint density at radius 1 is 1.11 bits per heavy atom. The van der Waals surface area contributed by atoms with Crippen molar-refractivity contribution >= 4 is 38.5 Å². The second-order valence-corrected chi connectivity index (χ2v) is 6.89. The van der Waals surface area contributed by atoms with E-state index in [1.165, 1.54) is 15.6 Å². The predicted molar refractivity (Wildman–Crippen MR) is 84.3 cm³/mol. The minimum absolute atomic E-state index is 0.0610. The van der Waals surface area contributed by atoms with Gasteiger partial charge in [-0.25, -0.2) is 0 Å². The fraction of sp³-hybridized carbons (Fsp3) is 0.188. The van der Waals surface area contributed by atoms with Gasteiger partial charge in [-0.2, -0.15) is 0 Å². The third-order valence-electron chi connectivity index (χ3n) is 3.11. The Hall–Kier alpha value is -1.45. The van der Waals surface area contributed by atoms with Crippen LogP contribution in [0.3, 0.4) is 0 Å². The van der Waals surface area contributed by atoms with Crippen LogP contribution in [0.15, 0.2) is 41.8 Å². The number of hydrogen-bond acceptors (Lipinski definition) is 3. The van der Waals surface area contributed by atoms with Crippen LogP contribution in [0.1, 0.15) is 23.5 Å². The van der Waals surface area contributed by atoms with E-state index in [9.17, 15) is 4.79 Å². The van der Waals surface area contributed by atoms with Crippen molar-refractivity contribution in [3.05, 3.63) is 46.7 Å². The Kier molecular flexibility index (Phi) is 3.25. The maximum absolute atomic E-state index is 12.0. The first-order valence-corrected chi connectivity index (χ1v) is 7.96. The molecule has 0 aliphatic heterocycles. The fourth-order valence-corrected chi connectivity index (χ4v) is 3.89. The number of hydrogen-bond donors (Lipinski definition) is 0. The van der Waals surface area contributed by atoms with E-state index in [2.05, 4.69) is 29.6 Å². The van der Waals surface area contributed by atoms with Crippen molar-refractivity contribution < 1.29 is 4.79 Å². The van der Waals surface area contributed by atoms with Crippen molar-refractivity contribution in [2.75, 3.05) is 0 Å². The van der Waals surface area contributed by atoms with E-state index in [1.807, 2.05) is 26.0 Å². The van der Waals surface area contributed by atoms with Crippen molar-refractivity contribution in [2.24, 2.45) is 5.92 Å². The topological polar surface area (TPSA) is 17.1 Å². The average Bonchev–Trinajstić information content (AvgIpc) is 3.05. The van der Waals surface area contributed by atoms with Crippen LogP contribution in [0.2, 0.25) is 0 Å². The van der Waals surface area contributed by atoms with Gasteiger partial charge >= 0.3 is 0 Å². The lowest BCUT2D eigenvalue weighted by atomic mass is 10.1. The number of fused-ring (bicyclic) bond motifs is 1. The number of rotatable bonds is 3. The van der Waals surface area contributed by atoms with E-state index in [0.29, 0.717) is 0 Å². The van der Waals surface area contributed by atoms with Gasteiger partial charge in [-0.3, -0.25) is 4.79 Å². The van der Waals surface area contributed by atoms with Crippen LogP contribution >= 0.6 is 22.7 Å². The van der Waals surface area contributed by atoms with Gasteiger partial charge in [0.05, 0.1) is 4.88 Å². The Labute approximate surface area is 120 Å². The summed E-state index contributed by atoms with van der Waals surface area (Å²) in [7, 11) is 0. The molecule has 0 spiro atoms. The zero-order valence-corrected chi connectivity index (χ0v) is 12.5. The summed E-state index contributed by atoms with van der Waals surface area (Å²) < 4.78 is 1.30. The molecule has 3 rings (SSSR count). The van der Waals surface area contributed by atoms with E-state index < -0.39 is 0 Å². The van der Waals surface area contributed by atoms with Crippen LogP contribution in [-0.2, 0) is 0 Å². The molecule has 0 fully saturated rings. The molecule has 0 aliphatic rings. The van der Waals surface area contributed by atoms with Crippen LogP contribution in [-0.4, -0.2) is 5.78 Å². The molecule has 0 bridgehead atoms. The zero-order valence-electron chi connectivity index (χ0n) is 10.8. The number of carbonyl (C=O) groups excluding carboxylic acids is 1. The fourth-order valence-electron chi connectivity index (χ4n) is 2.03. The van der Waals surface area contributed by atoms with Gasteiger partial charge in [0.25, 0.3) is 0 Å². The van der Waals surface area contributed by atoms with Crippen molar-refractivity contribution in [3.63, 3.8) is 0 Å². The van der Waals surface area contributed by atoms with Crippen LogP contribution in [0.5, 0.6) is 0 Å². The van der Waals surface area contributed by atoms with Gasteiger partial charge in [0.15, 0.2) is 5.78 Å². The number of Topliss-reactive ketones (excluding diaryl/α,β-unsaturated/α-hetero) is 1. The molecule has 2 heterocycles. The maximum Gasteiger partial charge on any atom is 0.175 e. The monoisotopic (exact) mass is 286 g/mol. The molecule has 96 valence electrons. The highest BCUT2D eigenvalue weighted by Gasteiger charge is 2.13. The van der Waals surface area contributed by atoms with Gasteiger partial charge < -0.3 is 0 Å². The van der Waals surface area contributed by atoms with Gasteiger partial charge in [0.2, 0.25) is 0 Å². The highest BCUT2D eigenvalue weighted by atomic mass is 32.1. The lowest BCUT2D eigenvalue weighted by Gasteiger charge is -2.00. The summed E-state index contributed by atoms with van der Waals surface area (Å²) in [5, 5.41) is 3.38. The standard InChI is InChI=1S/C16H14OS2/c1-10(2)16(17)15-6-5-14(19-15)11-3-4-13-12(9-11)7-8-18-13/h3-10H,1-2H3. The first kappa shape index (κ1) is 12.6. The van der Waals surface area contributed by atoms with Crippen LogP contribution in [0, 0.1) is 5.92 Å². The van der Waals surface area contributed by atoms with Crippen LogP contribution < -0.4 is 0 Å². The SMILES string of the molecule is CC(C)C(=O)c1ccc(-c2ccc3sccc3c2)s1. The molecule has 1 nitrogen and oxygen atoms in total. The van der Waals surface area contributed by atoms with E-state index in [1.54, 1.807) is 22.7 Å². The molecule has 3 aromatic rings. The Morgan fingerprint density at radius 2 is 1.95 bits per heavy atom. The summed E-state index contributed by atoms with van der Waals surface area (Å²) >= 11 is 3.34. The minimum Gasteiger partial charge on any atom is -0.293 e. The van der Waals surface area contributed by atoms with E-state index in [4.69, 9.17) is 0 Å². The third kappa shape index (κ3) is 2.36. The largest absolute Gasteiger partial charge is 0.293 e. The van der Waals surface area contributed by atoms with Crippen molar-refractivity contribution in [1.29, 1.82) is 0 Å². The lowest BCUT2D eigenvalue weighted by molar-refractivity contribution is 0.0943. The van der Waals surface area contributed by atoms with Gasteiger partial charge in [0, 0.05) is 15.5 Å². The van der Waals surface area contributed by atoms with Crippen molar-refractivity contribution in [1.82, 2.24) is 0 Å². The predicted octanol–water partition coefficient (Wildman–Crippen LogP) is 5.47. The molecule has 0 saturated heterocycles. The molecular formula is C16H14OS2. The first-order chi connectivity index (χ1) is 9.15. The third-order valence-corrected chi connectivity index (χ3v) is 5.16. The molecule has 0 atom stereocenters. The molecule has 0 radical (unpaired) electrons. The summed E-state index contributed by atoms with van der Waals surface area (Å²) in [6, 6.07) is 12.6. The summed E-state index contributed by atoms with van der Waals surface area (Å²) in [4.78, 5) is 14.0. The van der Waals surface area contributed by atoms with E-state index in [0.717, 1.165) is 9.75 Å². The zero-order chi connectivity index (χ0) is 13.4. The highest BCUT2D eigenvalue weighted by Crippen LogP contribution is 2.32. The van der Waals surface area contributed by atoms with Gasteiger partial charge in [0.1, 0.15) is 0 Å². The van der Waals surface area contributed by atoms with Gasteiger partial charge in [-0.15, -0.1) is 22.7 Å². The first-order valence-electron chi connectivity index (χ1n) is 6.27. The smallest absolute Gasteiger partial charge is 0.175 e. The van der Waals surface area contributed by atoms with Crippen molar-refractivity contribution in [2.45, 2.75) is 13.8 Å². The maximum atomic E-state index is 12.0. The average molecular weight is 286 g/mol. The Balaban J connectivity index is 1.99. The minimum atomic E-state index is 0.0610. The molecule has 0 saturated carbocycles. The number of thiophene rings is 2. The van der Waals surface area contributed by atoms with E-state index >= 15 is 0 Å². The normalized spacial score (nSPS) is 11.3. The lowest BCUT2D eigenvalue weighted by Crippen LogP contribution is -2.04. The summed E-state index contributed by atoms with van der Waals surface area (Å²) in [6.45, 7) is 3.89.